The third-order valence-corrected chi connectivity index (χ3v) is 14.7. The number of amides is 1. The molecule has 0 aliphatic heterocycles. The lowest BCUT2D eigenvalue weighted by Crippen LogP contribution is -2.45. The summed E-state index contributed by atoms with van der Waals surface area (Å²) in [6.07, 6.45) is 88.5. The van der Waals surface area contributed by atoms with Gasteiger partial charge in [-0.15, -0.1) is 0 Å². The molecule has 0 aliphatic carbocycles. The number of allylic oxidation sites excluding steroid dienone is 9. The van der Waals surface area contributed by atoms with E-state index in [2.05, 4.69) is 67.8 Å². The molecule has 416 valence electrons. The normalized spacial score (nSPS) is 13.1. The lowest BCUT2D eigenvalue weighted by molar-refractivity contribution is -0.123. The maximum atomic E-state index is 12.5. The van der Waals surface area contributed by atoms with Crippen LogP contribution in [0.1, 0.15) is 341 Å². The Labute approximate surface area is 445 Å². The summed E-state index contributed by atoms with van der Waals surface area (Å²) in [7, 11) is 0. The Kier molecular flexibility index (Phi) is 60.7. The fourth-order valence-electron chi connectivity index (χ4n) is 9.85. The van der Waals surface area contributed by atoms with Crippen molar-refractivity contribution in [3.63, 3.8) is 0 Å². The van der Waals surface area contributed by atoms with Crippen LogP contribution >= 0.6 is 0 Å². The average molecular weight is 993 g/mol. The van der Waals surface area contributed by atoms with E-state index in [9.17, 15) is 15.0 Å². The Morgan fingerprint density at radius 1 is 0.338 bits per heavy atom. The maximum absolute atomic E-state index is 12.5. The standard InChI is InChI=1S/C67H125NO3/c1-3-5-7-9-11-13-15-17-19-21-23-25-27-29-31-32-33-34-35-36-37-39-41-43-45-47-49-51-53-55-57-59-61-63-67(71)68-65(64-69)66(70)62-60-58-56-54-52-50-48-46-44-42-40-38-30-28-26-24-22-20-18-16-14-12-10-8-6-4-2/h15,17,21,23,27,29,52,54,60,62,65-66,69-70H,3-14,16,18-20,22,24-26,28,30-51,53,55-59,61,63-64H2,1-2H3,(H,68,71)/b17-15-,23-21-,29-27-,54-52+,62-60+. The van der Waals surface area contributed by atoms with Crippen LogP contribution in [-0.4, -0.2) is 34.9 Å². The zero-order valence-electron chi connectivity index (χ0n) is 48.0. The molecule has 4 heteroatoms. The fourth-order valence-corrected chi connectivity index (χ4v) is 9.85. The van der Waals surface area contributed by atoms with Gasteiger partial charge >= 0.3 is 0 Å². The van der Waals surface area contributed by atoms with Crippen molar-refractivity contribution in [3.05, 3.63) is 60.8 Å². The third-order valence-electron chi connectivity index (χ3n) is 14.7. The molecule has 0 rings (SSSR count). The Morgan fingerprint density at radius 3 is 0.915 bits per heavy atom. The van der Waals surface area contributed by atoms with E-state index in [0.29, 0.717) is 6.42 Å². The van der Waals surface area contributed by atoms with Gasteiger partial charge in [0.2, 0.25) is 5.91 Å². The molecule has 0 aromatic rings. The number of hydrogen-bond donors (Lipinski definition) is 3. The highest BCUT2D eigenvalue weighted by Gasteiger charge is 2.18. The summed E-state index contributed by atoms with van der Waals surface area (Å²) in [5, 5.41) is 23.2. The summed E-state index contributed by atoms with van der Waals surface area (Å²) in [5.74, 6) is -0.0694. The van der Waals surface area contributed by atoms with Crippen molar-refractivity contribution in [2.24, 2.45) is 0 Å². The van der Waals surface area contributed by atoms with E-state index in [0.717, 1.165) is 44.9 Å². The van der Waals surface area contributed by atoms with Gasteiger partial charge in [0.1, 0.15) is 0 Å². The van der Waals surface area contributed by atoms with Gasteiger partial charge in [-0.25, -0.2) is 0 Å². The van der Waals surface area contributed by atoms with Gasteiger partial charge < -0.3 is 15.5 Å². The minimum atomic E-state index is -0.865. The Balaban J connectivity index is 3.49. The molecule has 2 unspecified atom stereocenters. The summed E-state index contributed by atoms with van der Waals surface area (Å²) < 4.78 is 0. The van der Waals surface area contributed by atoms with Crippen molar-refractivity contribution in [1.82, 2.24) is 5.32 Å². The first-order chi connectivity index (χ1) is 35.2. The predicted molar refractivity (Wildman–Crippen MR) is 318 cm³/mol. The van der Waals surface area contributed by atoms with Gasteiger partial charge in [0.15, 0.2) is 0 Å². The lowest BCUT2D eigenvalue weighted by atomic mass is 10.0. The number of aliphatic hydroxyl groups is 2. The molecule has 0 saturated heterocycles. The van der Waals surface area contributed by atoms with Crippen LogP contribution < -0.4 is 5.32 Å². The minimum absolute atomic E-state index is 0.0694. The zero-order chi connectivity index (χ0) is 51.3. The van der Waals surface area contributed by atoms with Crippen LogP contribution in [-0.2, 0) is 4.79 Å². The molecule has 0 saturated carbocycles. The van der Waals surface area contributed by atoms with E-state index >= 15 is 0 Å². The number of nitrogens with one attached hydrogen (secondary N) is 1. The Morgan fingerprint density at radius 2 is 0.592 bits per heavy atom. The molecule has 1 amide bonds. The van der Waals surface area contributed by atoms with Crippen LogP contribution in [0.25, 0.3) is 0 Å². The van der Waals surface area contributed by atoms with E-state index in [-0.39, 0.29) is 12.5 Å². The second-order valence-corrected chi connectivity index (χ2v) is 21.8. The van der Waals surface area contributed by atoms with E-state index < -0.39 is 12.1 Å². The zero-order valence-corrected chi connectivity index (χ0v) is 48.0. The molecule has 0 bridgehead atoms. The van der Waals surface area contributed by atoms with E-state index in [1.807, 2.05) is 6.08 Å². The quantitative estimate of drug-likeness (QED) is 0.0420. The molecule has 0 aliphatic rings. The molecule has 3 N–H and O–H groups in total. The molecule has 0 radical (unpaired) electrons. The first-order valence-corrected chi connectivity index (χ1v) is 32.0. The molecule has 2 atom stereocenters. The van der Waals surface area contributed by atoms with Crippen molar-refractivity contribution >= 4 is 5.91 Å². The summed E-state index contributed by atoms with van der Waals surface area (Å²) >= 11 is 0. The van der Waals surface area contributed by atoms with E-state index in [1.165, 1.54) is 276 Å². The van der Waals surface area contributed by atoms with E-state index in [1.54, 1.807) is 6.08 Å². The molecular weight excluding hydrogens is 867 g/mol. The summed E-state index contributed by atoms with van der Waals surface area (Å²) in [4.78, 5) is 12.5. The number of hydrogen-bond acceptors (Lipinski definition) is 3. The van der Waals surface area contributed by atoms with Gasteiger partial charge in [0.05, 0.1) is 18.8 Å². The summed E-state index contributed by atoms with van der Waals surface area (Å²) in [6.45, 7) is 4.32. The molecule has 0 heterocycles. The van der Waals surface area contributed by atoms with Crippen molar-refractivity contribution in [2.45, 2.75) is 353 Å². The predicted octanol–water partition coefficient (Wildman–Crippen LogP) is 21.5. The first kappa shape index (κ1) is 69.1. The minimum Gasteiger partial charge on any atom is -0.394 e. The highest BCUT2D eigenvalue weighted by Crippen LogP contribution is 2.18. The molecule has 0 spiro atoms. The first-order valence-electron chi connectivity index (χ1n) is 32.0. The van der Waals surface area contributed by atoms with Gasteiger partial charge in [-0.2, -0.15) is 0 Å². The molecule has 0 aromatic heterocycles. The van der Waals surface area contributed by atoms with Crippen molar-refractivity contribution in [2.75, 3.05) is 6.61 Å². The van der Waals surface area contributed by atoms with E-state index in [4.69, 9.17) is 0 Å². The van der Waals surface area contributed by atoms with Crippen molar-refractivity contribution in [3.8, 4) is 0 Å². The monoisotopic (exact) mass is 992 g/mol. The maximum Gasteiger partial charge on any atom is 0.220 e. The molecule has 0 aromatic carbocycles. The number of carbonyl (C=O) groups is 1. The lowest BCUT2D eigenvalue weighted by Gasteiger charge is -2.19. The van der Waals surface area contributed by atoms with Gasteiger partial charge in [0, 0.05) is 6.42 Å². The Hall–Kier alpha value is -1.91. The molecule has 4 nitrogen and oxygen atoms in total. The van der Waals surface area contributed by atoms with Crippen LogP contribution in [0.2, 0.25) is 0 Å². The van der Waals surface area contributed by atoms with Crippen LogP contribution in [0, 0.1) is 0 Å². The van der Waals surface area contributed by atoms with Gasteiger partial charge in [0.25, 0.3) is 0 Å². The topological polar surface area (TPSA) is 69.6 Å². The van der Waals surface area contributed by atoms with Crippen LogP contribution in [0.3, 0.4) is 0 Å². The highest BCUT2D eigenvalue weighted by atomic mass is 16.3. The SMILES string of the molecule is CCCCCCC/C=C\C/C=C\C/C=C\CCCCCCCCCCCCCCCCCCCCC(=O)NC(CO)C(O)/C=C/CC/C=C/CCCCCCCCCCCCCCCCCCCCCC. The molecule has 0 fully saturated rings. The van der Waals surface area contributed by atoms with Crippen LogP contribution in [0.4, 0.5) is 0 Å². The second-order valence-electron chi connectivity index (χ2n) is 21.8. The number of rotatable bonds is 59. The number of aliphatic hydroxyl groups excluding tert-OH is 2. The second kappa shape index (κ2) is 62.4. The van der Waals surface area contributed by atoms with Crippen molar-refractivity contribution in [1.29, 1.82) is 0 Å². The average Bonchev–Trinajstić information content (AvgIpc) is 3.37. The molecule has 71 heavy (non-hydrogen) atoms. The van der Waals surface area contributed by atoms with Crippen molar-refractivity contribution < 1.29 is 15.0 Å². The van der Waals surface area contributed by atoms with Gasteiger partial charge in [-0.05, 0) is 70.6 Å². The summed E-state index contributed by atoms with van der Waals surface area (Å²) in [5.41, 5.74) is 0. The van der Waals surface area contributed by atoms with Crippen LogP contribution in [0.5, 0.6) is 0 Å². The van der Waals surface area contributed by atoms with Gasteiger partial charge in [-0.1, -0.05) is 325 Å². The van der Waals surface area contributed by atoms with Gasteiger partial charge in [-0.3, -0.25) is 4.79 Å². The third kappa shape index (κ3) is 58.8. The fraction of sp³-hybridized carbons (Fsp3) is 0.836. The summed E-state index contributed by atoms with van der Waals surface area (Å²) in [6, 6.07) is -0.641. The molecular formula is C67H125NO3. The van der Waals surface area contributed by atoms with Crippen LogP contribution in [0.15, 0.2) is 60.8 Å². The smallest absolute Gasteiger partial charge is 0.220 e. The Bertz CT molecular complexity index is 1170. The highest BCUT2D eigenvalue weighted by molar-refractivity contribution is 5.76. The largest absolute Gasteiger partial charge is 0.394 e. The number of carbonyl (C=O) groups excluding carboxylic acids is 1. The number of unbranched alkanes of at least 4 members (excludes halogenated alkanes) is 44.